The fraction of sp³-hybridized carbons (Fsp3) is 0.579. The number of likely N-dealkylation sites (N-methyl/N-ethyl adjacent to an activating group) is 2. The number of imide groups is 1. The van der Waals surface area contributed by atoms with Gasteiger partial charge >= 0.3 is 18.2 Å². The summed E-state index contributed by atoms with van der Waals surface area (Å²) in [6, 6.07) is 8.29. The highest BCUT2D eigenvalue weighted by molar-refractivity contribution is 8.00. The first-order valence-electron chi connectivity index (χ1n) is 37.0. The van der Waals surface area contributed by atoms with Gasteiger partial charge in [-0.25, -0.2) is 14.4 Å². The predicted molar refractivity (Wildman–Crippen MR) is 409 cm³/mol. The average molecular weight is 1580 g/mol. The van der Waals surface area contributed by atoms with E-state index in [-0.39, 0.29) is 155 Å². The van der Waals surface area contributed by atoms with Crippen molar-refractivity contribution in [3.63, 3.8) is 0 Å². The summed E-state index contributed by atoms with van der Waals surface area (Å²) in [6.45, 7) is 12.2. The lowest BCUT2D eigenvalue weighted by Crippen LogP contribution is -2.73. The maximum atomic E-state index is 14.9. The van der Waals surface area contributed by atoms with Gasteiger partial charge in [0.05, 0.1) is 130 Å². The minimum Gasteiger partial charge on any atom is -0.506 e. The van der Waals surface area contributed by atoms with Crippen LogP contribution in [-0.4, -0.2) is 251 Å². The van der Waals surface area contributed by atoms with Gasteiger partial charge in [-0.3, -0.25) is 38.5 Å². The van der Waals surface area contributed by atoms with Crippen molar-refractivity contribution in [2.75, 3.05) is 166 Å². The number of amides is 10. The van der Waals surface area contributed by atoms with E-state index in [4.69, 9.17) is 66.8 Å². The number of carbonyl (C=O) groups is 10. The molecule has 2 aromatic heterocycles. The summed E-state index contributed by atoms with van der Waals surface area (Å²) < 4.78 is 44.9. The second-order valence-electron chi connectivity index (χ2n) is 29.0. The van der Waals surface area contributed by atoms with Gasteiger partial charge in [-0.15, -0.1) is 23.2 Å². The molecule has 8 N–H and O–H groups in total. The number of anilines is 3. The van der Waals surface area contributed by atoms with Crippen LogP contribution in [0.4, 0.5) is 31.4 Å². The van der Waals surface area contributed by atoms with Crippen molar-refractivity contribution >= 4 is 133 Å². The molecule has 594 valence electrons. The first kappa shape index (κ1) is 83.2. The Morgan fingerprint density at radius 2 is 1.23 bits per heavy atom. The molecule has 11 rings (SSSR count). The number of primary amides is 1. The Hall–Kier alpha value is -8.27. The largest absolute Gasteiger partial charge is 0.506 e. The van der Waals surface area contributed by atoms with Crippen molar-refractivity contribution < 1.29 is 90.9 Å². The second kappa shape index (κ2) is 38.1. The van der Waals surface area contributed by atoms with Crippen molar-refractivity contribution in [3.8, 4) is 11.5 Å². The van der Waals surface area contributed by atoms with Crippen LogP contribution in [0, 0.1) is 36.5 Å². The van der Waals surface area contributed by atoms with Crippen molar-refractivity contribution in [2.45, 2.75) is 109 Å². The lowest BCUT2D eigenvalue weighted by atomic mass is 9.34. The number of likely N-dealkylation sites (tertiary alicyclic amines) is 1. The van der Waals surface area contributed by atoms with Gasteiger partial charge in [0, 0.05) is 137 Å². The summed E-state index contributed by atoms with van der Waals surface area (Å²) in [5.41, 5.74) is 10.8. The number of urea groups is 1. The molecule has 4 fully saturated rings. The van der Waals surface area contributed by atoms with Crippen LogP contribution in [0.2, 0.25) is 0 Å². The summed E-state index contributed by atoms with van der Waals surface area (Å²) in [6.07, 6.45) is 5.72. The number of H-pyrrole nitrogens is 2. The van der Waals surface area contributed by atoms with Gasteiger partial charge in [-0.2, -0.15) is 11.8 Å². The molecule has 3 aromatic carbocycles. The number of phenols is 1. The van der Waals surface area contributed by atoms with Gasteiger partial charge in [-0.05, 0) is 98.1 Å². The number of aromatic amines is 2. The van der Waals surface area contributed by atoms with E-state index in [1.165, 1.54) is 40.6 Å². The molecule has 0 radical (unpaired) electrons. The topological polar surface area (TPSA) is 375 Å². The highest BCUT2D eigenvalue weighted by Gasteiger charge is 2.76. The molecule has 5 aromatic rings. The molecule has 109 heavy (non-hydrogen) atoms. The maximum absolute atomic E-state index is 14.9. The fourth-order valence-corrected chi connectivity index (χ4v) is 16.3. The number of halogens is 2. The molecule has 0 spiro atoms. The Morgan fingerprint density at radius 3 is 1.75 bits per heavy atom. The Bertz CT molecular complexity index is 4100. The summed E-state index contributed by atoms with van der Waals surface area (Å²) in [5, 5.41) is 20.6. The number of aromatic nitrogens is 2. The van der Waals surface area contributed by atoms with E-state index in [9.17, 15) is 53.1 Å². The van der Waals surface area contributed by atoms with Gasteiger partial charge in [0.15, 0.2) is 11.5 Å². The number of benzene rings is 3. The number of alkyl halides is 2. The standard InChI is InChI=1S/C76H101Cl2N11O19S/c1-45(2)65(84-59(92)14-19-101-21-23-103-25-27-105-29-30-106-28-26-104-24-22-102-20-18-87-60(93)34-58(109-7)69(87)95)55(90)31-49(9-8-15-80-72(79)98)68(94)83-52-12-10-48(11-13-52)41-107-73(99)85(5)16-17-86(6)74(100)108-57-33-54-64(62-47(4)38-82-67(57)62)51(36-78)40-89(54)71(97)76-42-75(43-76,44-76)70(96)88-39-50(35-77)63-53(88)32-56(91)66-61(63)46(3)37-81-66/h10-13,32-33,37-38,45,49-51,58,65,81-82,91H,8-9,14-31,34-36,39-44H2,1-7H3,(H,83,94)(H,84,92)(H3,79,80,98)/t49-,50-,51-,58?,65+,75?,76?/m1/s1. The van der Waals surface area contributed by atoms with Crippen molar-refractivity contribution in [1.29, 1.82) is 0 Å². The zero-order chi connectivity index (χ0) is 78.3. The Balaban J connectivity index is 0.613. The lowest BCUT2D eigenvalue weighted by Gasteiger charge is -2.69. The van der Waals surface area contributed by atoms with Gasteiger partial charge in [0.1, 0.15) is 12.4 Å². The van der Waals surface area contributed by atoms with Gasteiger partial charge in [0.2, 0.25) is 35.4 Å². The number of hydrogen-bond donors (Lipinski definition) is 7. The highest BCUT2D eigenvalue weighted by Crippen LogP contribution is 2.75. The van der Waals surface area contributed by atoms with Gasteiger partial charge < -0.3 is 94.3 Å². The summed E-state index contributed by atoms with van der Waals surface area (Å²) in [7, 11) is 3.07. The maximum Gasteiger partial charge on any atom is 0.415 e. The fourth-order valence-electron chi connectivity index (χ4n) is 15.1. The molecule has 3 saturated carbocycles. The number of phenolic OH excluding ortho intramolecular Hbond substituents is 1. The molecule has 3 aliphatic heterocycles. The molecule has 1 unspecified atom stereocenters. The number of thioether (sulfide) groups is 1. The molecule has 5 heterocycles. The van der Waals surface area contributed by atoms with E-state index in [0.29, 0.717) is 131 Å². The molecular formula is C76H101Cl2N11O19S. The van der Waals surface area contributed by atoms with Crippen LogP contribution in [0.3, 0.4) is 0 Å². The molecule has 6 aliphatic rings. The molecule has 33 heteroatoms. The minimum absolute atomic E-state index is 0.0232. The van der Waals surface area contributed by atoms with Crippen molar-refractivity contribution in [2.24, 2.45) is 28.4 Å². The number of carbonyl (C=O) groups excluding carboxylic acids is 10. The number of ether oxygens (including phenoxy) is 8. The number of aryl methyl sites for hydroxylation is 2. The normalized spacial score (nSPS) is 19.5. The van der Waals surface area contributed by atoms with E-state index in [2.05, 4.69) is 25.9 Å². The average Bonchev–Trinajstić information content (AvgIpc) is 1.45. The Kier molecular flexibility index (Phi) is 29.1. The van der Waals surface area contributed by atoms with Crippen LogP contribution in [0.15, 0.2) is 48.8 Å². The summed E-state index contributed by atoms with van der Waals surface area (Å²) in [5.74, 6) is -2.50. The van der Waals surface area contributed by atoms with E-state index >= 15 is 0 Å². The molecular weight excluding hydrogens is 1470 g/mol. The van der Waals surface area contributed by atoms with Gasteiger partial charge in [0.25, 0.3) is 0 Å². The van der Waals surface area contributed by atoms with Crippen LogP contribution >= 0.6 is 35.0 Å². The number of aromatic hydroxyl groups is 1. The number of nitrogens with two attached hydrogens (primary N) is 1. The van der Waals surface area contributed by atoms with E-state index in [1.54, 1.807) is 60.0 Å². The second-order valence-corrected chi connectivity index (χ2v) is 30.6. The van der Waals surface area contributed by atoms with Gasteiger partial charge in [-0.1, -0.05) is 26.0 Å². The Morgan fingerprint density at radius 1 is 0.716 bits per heavy atom. The third-order valence-electron chi connectivity index (χ3n) is 20.9. The number of nitrogens with zero attached hydrogens (tertiary/aromatic N) is 5. The molecule has 2 bridgehead atoms. The third kappa shape index (κ3) is 19.7. The zero-order valence-corrected chi connectivity index (χ0v) is 65.2. The van der Waals surface area contributed by atoms with Crippen LogP contribution in [-0.2, 0) is 73.3 Å². The number of nitrogens with one attached hydrogen (secondary N) is 5. The summed E-state index contributed by atoms with van der Waals surface area (Å²) in [4.78, 5) is 147. The smallest absolute Gasteiger partial charge is 0.415 e. The molecule has 3 aliphatic carbocycles. The third-order valence-corrected chi connectivity index (χ3v) is 22.6. The number of hydrogen-bond acceptors (Lipinski definition) is 20. The number of Topliss-reactive ketones (excluding diaryl/α,β-unsaturated/α-hetero) is 1. The van der Waals surface area contributed by atoms with Crippen LogP contribution < -0.4 is 36.2 Å². The van der Waals surface area contributed by atoms with Crippen molar-refractivity contribution in [1.82, 2.24) is 35.3 Å². The predicted octanol–water partition coefficient (Wildman–Crippen LogP) is 7.96. The number of ketones is 1. The molecule has 30 nitrogen and oxygen atoms in total. The van der Waals surface area contributed by atoms with E-state index in [0.717, 1.165) is 33.0 Å². The first-order valence-corrected chi connectivity index (χ1v) is 39.3. The number of rotatable bonds is 43. The number of fused-ring (bicyclic) bond motifs is 6. The van der Waals surface area contributed by atoms with E-state index < -0.39 is 52.8 Å². The van der Waals surface area contributed by atoms with Crippen LogP contribution in [0.5, 0.6) is 11.5 Å². The van der Waals surface area contributed by atoms with Crippen molar-refractivity contribution in [3.05, 3.63) is 76.6 Å². The SMILES string of the molecule is CSC1CC(=O)N(CCOCCOCCOCCOCCOCCOCCC(=O)N[C@H](C(=O)C[C@@H](CCCNC(N)=O)C(=O)Nc2ccc(COC(=O)N(C)CCN(C)C(=O)Oc3cc4c(c5c(C)c[nH]c35)[C@H](CCl)CN4C(=O)C34CC(C(=O)N5C[C@@H](CCl)c6c5cc(O)c5[nH]cc(C)c65)(C3)C4)cc2)C(C)C)C1=O. The summed E-state index contributed by atoms with van der Waals surface area (Å²) >= 11 is 14.6. The monoisotopic (exact) mass is 1570 g/mol. The van der Waals surface area contributed by atoms with E-state index in [1.807, 2.05) is 32.5 Å². The van der Waals surface area contributed by atoms with Crippen LogP contribution in [0.25, 0.3) is 21.8 Å². The van der Waals surface area contributed by atoms with Crippen LogP contribution in [0.1, 0.15) is 105 Å². The Labute approximate surface area is 647 Å². The first-order chi connectivity index (χ1) is 52.3. The molecule has 5 atom stereocenters. The highest BCUT2D eigenvalue weighted by atomic mass is 35.5. The molecule has 10 amide bonds. The minimum atomic E-state index is -0.904. The quantitative estimate of drug-likeness (QED) is 0.0110. The zero-order valence-electron chi connectivity index (χ0n) is 62.9. The molecule has 1 saturated heterocycles. The lowest BCUT2D eigenvalue weighted by molar-refractivity contribution is -0.205.